The van der Waals surface area contributed by atoms with Crippen LogP contribution < -0.4 is 0 Å². The summed E-state index contributed by atoms with van der Waals surface area (Å²) in [7, 11) is 0. The number of hydrogen-bond donors (Lipinski definition) is 0. The molecule has 21 heavy (non-hydrogen) atoms. The minimum absolute atomic E-state index is 0.0896. The quantitative estimate of drug-likeness (QED) is 0.659. The predicted molar refractivity (Wildman–Crippen MR) is 88.3 cm³/mol. The molecule has 0 saturated heterocycles. The molecule has 3 nitrogen and oxygen atoms in total. The maximum absolute atomic E-state index is 11.7. The number of hydrogen-bond acceptors (Lipinski definition) is 3. The summed E-state index contributed by atoms with van der Waals surface area (Å²) in [5.74, 6) is -0.159. The predicted octanol–water partition coefficient (Wildman–Crippen LogP) is 4.83. The van der Waals surface area contributed by atoms with Gasteiger partial charge in [0.2, 0.25) is 0 Å². The number of carbonyl (C=O) groups excluding carboxylic acids is 1. The standard InChI is InChI=1S/C18H36O3/c1-15(2,3)14(19)20-12-11-18(9,10)21-13-17(7,8)16(4,5)6/h11-13H2,1-10H3. The maximum Gasteiger partial charge on any atom is 0.311 e. The first-order valence-corrected chi connectivity index (χ1v) is 7.90. The highest BCUT2D eigenvalue weighted by atomic mass is 16.5. The van der Waals surface area contributed by atoms with Crippen LogP contribution in [0.3, 0.4) is 0 Å². The Balaban J connectivity index is 4.31. The normalized spacial score (nSPS) is 14.2. The average molecular weight is 300 g/mol. The lowest BCUT2D eigenvalue weighted by molar-refractivity contribution is -0.155. The Kier molecular flexibility index (Phi) is 6.50. The van der Waals surface area contributed by atoms with E-state index in [0.29, 0.717) is 19.6 Å². The molecule has 0 unspecified atom stereocenters. The van der Waals surface area contributed by atoms with Gasteiger partial charge in [-0.25, -0.2) is 0 Å². The highest BCUT2D eigenvalue weighted by Gasteiger charge is 2.35. The third kappa shape index (κ3) is 7.30. The fourth-order valence-corrected chi connectivity index (χ4v) is 1.27. The molecular weight excluding hydrogens is 264 g/mol. The molecule has 0 aliphatic rings. The van der Waals surface area contributed by atoms with Crippen molar-refractivity contribution in [1.29, 1.82) is 0 Å². The molecule has 0 aromatic heterocycles. The van der Waals surface area contributed by atoms with Crippen molar-refractivity contribution >= 4 is 5.97 Å². The fourth-order valence-electron chi connectivity index (χ4n) is 1.27. The van der Waals surface area contributed by atoms with Crippen molar-refractivity contribution in [3.8, 4) is 0 Å². The smallest absolute Gasteiger partial charge is 0.311 e. The number of carbonyl (C=O) groups is 1. The van der Waals surface area contributed by atoms with E-state index < -0.39 is 5.41 Å². The van der Waals surface area contributed by atoms with Crippen LogP contribution in [0.4, 0.5) is 0 Å². The Labute approximate surface area is 131 Å². The van der Waals surface area contributed by atoms with E-state index in [2.05, 4.69) is 48.5 Å². The van der Waals surface area contributed by atoms with Crippen LogP contribution in [0, 0.1) is 16.2 Å². The Hall–Kier alpha value is -0.570. The van der Waals surface area contributed by atoms with Gasteiger partial charge in [0.1, 0.15) is 0 Å². The Morgan fingerprint density at radius 1 is 0.857 bits per heavy atom. The Morgan fingerprint density at radius 3 is 1.71 bits per heavy atom. The van der Waals surface area contributed by atoms with E-state index in [1.54, 1.807) is 0 Å². The van der Waals surface area contributed by atoms with E-state index in [1.165, 1.54) is 0 Å². The summed E-state index contributed by atoms with van der Waals surface area (Å²) >= 11 is 0. The summed E-state index contributed by atoms with van der Waals surface area (Å²) in [5.41, 5.74) is -0.464. The highest BCUT2D eigenvalue weighted by molar-refractivity contribution is 5.75. The molecule has 0 radical (unpaired) electrons. The van der Waals surface area contributed by atoms with Crippen molar-refractivity contribution in [3.05, 3.63) is 0 Å². The molecule has 126 valence electrons. The van der Waals surface area contributed by atoms with Crippen LogP contribution in [0.5, 0.6) is 0 Å². The molecule has 0 aliphatic carbocycles. The van der Waals surface area contributed by atoms with Gasteiger partial charge in [-0.3, -0.25) is 4.79 Å². The summed E-state index contributed by atoms with van der Waals surface area (Å²) < 4.78 is 11.4. The molecule has 0 heterocycles. The second-order valence-corrected chi connectivity index (χ2v) is 9.32. The molecule has 0 rings (SSSR count). The molecule has 3 heteroatoms. The van der Waals surface area contributed by atoms with Gasteiger partial charge in [-0.1, -0.05) is 34.6 Å². The van der Waals surface area contributed by atoms with Crippen molar-refractivity contribution < 1.29 is 14.3 Å². The lowest BCUT2D eigenvalue weighted by Crippen LogP contribution is -2.39. The minimum Gasteiger partial charge on any atom is -0.465 e. The van der Waals surface area contributed by atoms with Crippen molar-refractivity contribution in [2.24, 2.45) is 16.2 Å². The summed E-state index contributed by atoms with van der Waals surface area (Å²) in [6.07, 6.45) is 0.703. The van der Waals surface area contributed by atoms with E-state index >= 15 is 0 Å². The highest BCUT2D eigenvalue weighted by Crippen LogP contribution is 2.39. The maximum atomic E-state index is 11.7. The molecule has 0 N–H and O–H groups in total. The van der Waals surface area contributed by atoms with Gasteiger partial charge in [0.15, 0.2) is 0 Å². The second-order valence-electron chi connectivity index (χ2n) is 9.32. The molecular formula is C18H36O3. The van der Waals surface area contributed by atoms with E-state index in [1.807, 2.05) is 20.8 Å². The summed E-state index contributed by atoms with van der Waals surface area (Å²) in [4.78, 5) is 11.7. The third-order valence-electron chi connectivity index (χ3n) is 4.40. The zero-order valence-electron chi connectivity index (χ0n) is 15.8. The van der Waals surface area contributed by atoms with Crippen molar-refractivity contribution in [2.75, 3.05) is 13.2 Å². The molecule has 0 aromatic rings. The van der Waals surface area contributed by atoms with Gasteiger partial charge in [-0.2, -0.15) is 0 Å². The summed E-state index contributed by atoms with van der Waals surface area (Å²) in [6, 6.07) is 0. The van der Waals surface area contributed by atoms with Gasteiger partial charge in [0, 0.05) is 6.42 Å². The first-order valence-electron chi connectivity index (χ1n) is 7.90. The van der Waals surface area contributed by atoms with Crippen LogP contribution in [0.1, 0.15) is 75.7 Å². The number of ether oxygens (including phenoxy) is 2. The minimum atomic E-state index is -0.445. The number of esters is 1. The van der Waals surface area contributed by atoms with E-state index in [4.69, 9.17) is 9.47 Å². The zero-order chi connectivity index (χ0) is 17.1. The Bertz CT molecular complexity index is 340. The first kappa shape index (κ1) is 20.4. The van der Waals surface area contributed by atoms with E-state index in [-0.39, 0.29) is 22.4 Å². The molecule has 0 bridgehead atoms. The van der Waals surface area contributed by atoms with Crippen LogP contribution in [0.25, 0.3) is 0 Å². The SMILES string of the molecule is CC(C)(CCOC(=O)C(C)(C)C)OCC(C)(C)C(C)(C)C. The summed E-state index contributed by atoms with van der Waals surface area (Å²) in [5, 5.41) is 0. The first-order chi connectivity index (χ1) is 9.08. The van der Waals surface area contributed by atoms with Gasteiger partial charge in [-0.15, -0.1) is 0 Å². The van der Waals surface area contributed by atoms with Gasteiger partial charge >= 0.3 is 5.97 Å². The lowest BCUT2D eigenvalue weighted by atomic mass is 9.70. The third-order valence-corrected chi connectivity index (χ3v) is 4.40. The molecule has 0 fully saturated rings. The van der Waals surface area contributed by atoms with Crippen LogP contribution in [0.15, 0.2) is 0 Å². The number of rotatable bonds is 6. The molecule has 0 atom stereocenters. The van der Waals surface area contributed by atoms with Crippen LogP contribution in [-0.2, 0) is 14.3 Å². The van der Waals surface area contributed by atoms with E-state index in [9.17, 15) is 4.79 Å². The molecule has 0 aromatic carbocycles. The molecule has 0 aliphatic heterocycles. The average Bonchev–Trinajstić information content (AvgIpc) is 2.23. The van der Waals surface area contributed by atoms with Gasteiger partial charge < -0.3 is 9.47 Å². The molecule has 0 amide bonds. The zero-order valence-corrected chi connectivity index (χ0v) is 15.8. The lowest BCUT2D eigenvalue weighted by Gasteiger charge is -2.41. The fraction of sp³-hybridized carbons (Fsp3) is 0.944. The molecule has 0 saturated carbocycles. The Morgan fingerprint density at radius 2 is 1.33 bits per heavy atom. The van der Waals surface area contributed by atoms with Crippen molar-refractivity contribution in [3.63, 3.8) is 0 Å². The largest absolute Gasteiger partial charge is 0.465 e. The van der Waals surface area contributed by atoms with Crippen LogP contribution >= 0.6 is 0 Å². The van der Waals surface area contributed by atoms with Gasteiger partial charge in [-0.05, 0) is 45.4 Å². The van der Waals surface area contributed by atoms with Crippen LogP contribution in [-0.4, -0.2) is 24.8 Å². The second kappa shape index (κ2) is 6.68. The van der Waals surface area contributed by atoms with Crippen LogP contribution in [0.2, 0.25) is 0 Å². The van der Waals surface area contributed by atoms with Gasteiger partial charge in [0.05, 0.1) is 24.2 Å². The monoisotopic (exact) mass is 300 g/mol. The van der Waals surface area contributed by atoms with Gasteiger partial charge in [0.25, 0.3) is 0 Å². The van der Waals surface area contributed by atoms with Crippen molar-refractivity contribution in [1.82, 2.24) is 0 Å². The topological polar surface area (TPSA) is 35.5 Å². The summed E-state index contributed by atoms with van der Waals surface area (Å²) in [6.45, 7) is 21.9. The van der Waals surface area contributed by atoms with E-state index in [0.717, 1.165) is 0 Å². The molecule has 0 spiro atoms. The van der Waals surface area contributed by atoms with Crippen molar-refractivity contribution in [2.45, 2.75) is 81.3 Å².